The Morgan fingerprint density at radius 3 is 2.58 bits per heavy atom. The largest absolute Gasteiger partial charge is 0.370 e. The molecular formula is C17H22N4O3. The van der Waals surface area contributed by atoms with E-state index in [1.54, 1.807) is 6.92 Å². The Balaban J connectivity index is 2.14. The van der Waals surface area contributed by atoms with Gasteiger partial charge in [-0.25, -0.2) is 0 Å². The normalized spacial score (nSPS) is 13.2. The van der Waals surface area contributed by atoms with E-state index in [1.165, 1.54) is 6.92 Å². The standard InChI is InChI=1S/C17H22N4O3/c1-10(7-16(18)23)20-17(24)15(21-11(2)22)8-12-9-19-14-6-4-3-5-13(12)14/h3-6,9-10,15,19H,7-8H2,1-2H3,(H2,18,23)(H,20,24)(H,21,22). The molecule has 2 aromatic rings. The van der Waals surface area contributed by atoms with Crippen molar-refractivity contribution in [2.45, 2.75) is 38.8 Å². The zero-order valence-corrected chi connectivity index (χ0v) is 13.8. The summed E-state index contributed by atoms with van der Waals surface area (Å²) in [5.41, 5.74) is 7.04. The number of primary amides is 1. The van der Waals surface area contributed by atoms with Crippen molar-refractivity contribution in [3.8, 4) is 0 Å². The van der Waals surface area contributed by atoms with Gasteiger partial charge in [0.05, 0.1) is 0 Å². The molecule has 2 atom stereocenters. The van der Waals surface area contributed by atoms with Crippen molar-refractivity contribution < 1.29 is 14.4 Å². The van der Waals surface area contributed by atoms with Crippen LogP contribution in [0.4, 0.5) is 0 Å². The summed E-state index contributed by atoms with van der Waals surface area (Å²) < 4.78 is 0. The van der Waals surface area contributed by atoms with Crippen LogP contribution in [0.3, 0.4) is 0 Å². The zero-order chi connectivity index (χ0) is 17.7. The van der Waals surface area contributed by atoms with Crippen molar-refractivity contribution in [3.05, 3.63) is 36.0 Å². The molecule has 0 aliphatic rings. The first-order chi connectivity index (χ1) is 11.4. The maximum absolute atomic E-state index is 12.4. The van der Waals surface area contributed by atoms with Crippen molar-refractivity contribution in [1.82, 2.24) is 15.6 Å². The summed E-state index contributed by atoms with van der Waals surface area (Å²) in [7, 11) is 0. The number of para-hydroxylation sites is 1. The molecule has 0 saturated carbocycles. The lowest BCUT2D eigenvalue weighted by Gasteiger charge is -2.20. The highest BCUT2D eigenvalue weighted by molar-refractivity contribution is 5.89. The predicted molar refractivity (Wildman–Crippen MR) is 91.0 cm³/mol. The van der Waals surface area contributed by atoms with E-state index >= 15 is 0 Å². The van der Waals surface area contributed by atoms with Crippen molar-refractivity contribution in [2.75, 3.05) is 0 Å². The molecule has 5 N–H and O–H groups in total. The molecule has 0 fully saturated rings. The van der Waals surface area contributed by atoms with E-state index in [0.29, 0.717) is 6.42 Å². The van der Waals surface area contributed by atoms with Gasteiger partial charge in [-0.1, -0.05) is 18.2 Å². The molecular weight excluding hydrogens is 308 g/mol. The molecule has 1 heterocycles. The third-order valence-electron chi connectivity index (χ3n) is 3.69. The fourth-order valence-corrected chi connectivity index (χ4v) is 2.67. The number of carbonyl (C=O) groups is 3. The number of aromatic nitrogens is 1. The van der Waals surface area contributed by atoms with Crippen LogP contribution >= 0.6 is 0 Å². The number of aromatic amines is 1. The third-order valence-corrected chi connectivity index (χ3v) is 3.69. The Bertz CT molecular complexity index is 753. The number of benzene rings is 1. The van der Waals surface area contributed by atoms with Crippen molar-refractivity contribution in [3.63, 3.8) is 0 Å². The lowest BCUT2D eigenvalue weighted by Crippen LogP contribution is -2.50. The number of H-pyrrole nitrogens is 1. The van der Waals surface area contributed by atoms with Crippen LogP contribution in [0.1, 0.15) is 25.8 Å². The average Bonchev–Trinajstić information content (AvgIpc) is 2.88. The number of hydrogen-bond donors (Lipinski definition) is 4. The summed E-state index contributed by atoms with van der Waals surface area (Å²) in [5.74, 6) is -1.13. The first kappa shape index (κ1) is 17.5. The molecule has 7 heteroatoms. The van der Waals surface area contributed by atoms with Gasteiger partial charge in [-0.2, -0.15) is 0 Å². The van der Waals surface area contributed by atoms with Crippen LogP contribution in [-0.2, 0) is 20.8 Å². The summed E-state index contributed by atoms with van der Waals surface area (Å²) in [6.07, 6.45) is 2.23. The maximum Gasteiger partial charge on any atom is 0.243 e. The van der Waals surface area contributed by atoms with E-state index in [2.05, 4.69) is 15.6 Å². The number of fused-ring (bicyclic) bond motifs is 1. The first-order valence-corrected chi connectivity index (χ1v) is 7.77. The summed E-state index contributed by atoms with van der Waals surface area (Å²) in [4.78, 5) is 38.0. The molecule has 1 aromatic heterocycles. The van der Waals surface area contributed by atoms with Crippen LogP contribution in [0.25, 0.3) is 10.9 Å². The highest BCUT2D eigenvalue weighted by atomic mass is 16.2. The molecule has 3 amide bonds. The van der Waals surface area contributed by atoms with E-state index in [4.69, 9.17) is 5.73 Å². The Morgan fingerprint density at radius 1 is 1.21 bits per heavy atom. The average molecular weight is 330 g/mol. The molecule has 2 rings (SSSR count). The molecule has 0 bridgehead atoms. The highest BCUT2D eigenvalue weighted by Gasteiger charge is 2.23. The van der Waals surface area contributed by atoms with Gasteiger partial charge in [0.2, 0.25) is 17.7 Å². The van der Waals surface area contributed by atoms with Crippen LogP contribution in [-0.4, -0.2) is 34.8 Å². The summed E-state index contributed by atoms with van der Waals surface area (Å²) in [6.45, 7) is 3.06. The minimum atomic E-state index is -0.725. The minimum absolute atomic E-state index is 0.0472. The zero-order valence-electron chi connectivity index (χ0n) is 13.8. The number of amides is 3. The smallest absolute Gasteiger partial charge is 0.243 e. The maximum atomic E-state index is 12.4. The summed E-state index contributed by atoms with van der Waals surface area (Å²) in [5, 5.41) is 6.38. The molecule has 7 nitrogen and oxygen atoms in total. The fraction of sp³-hybridized carbons (Fsp3) is 0.353. The van der Waals surface area contributed by atoms with Crippen molar-refractivity contribution >= 4 is 28.6 Å². The second-order valence-corrected chi connectivity index (χ2v) is 5.90. The quantitative estimate of drug-likeness (QED) is 0.595. The van der Waals surface area contributed by atoms with E-state index in [9.17, 15) is 14.4 Å². The van der Waals surface area contributed by atoms with Crippen molar-refractivity contribution in [1.29, 1.82) is 0 Å². The second kappa shape index (κ2) is 7.63. The minimum Gasteiger partial charge on any atom is -0.370 e. The SMILES string of the molecule is CC(=O)NC(Cc1c[nH]c2ccccc12)C(=O)NC(C)CC(N)=O. The lowest BCUT2D eigenvalue weighted by molar-refractivity contribution is -0.128. The van der Waals surface area contributed by atoms with E-state index < -0.39 is 18.0 Å². The molecule has 128 valence electrons. The van der Waals surface area contributed by atoms with E-state index in [-0.39, 0.29) is 18.2 Å². The molecule has 1 aromatic carbocycles. The van der Waals surface area contributed by atoms with E-state index in [1.807, 2.05) is 30.5 Å². The molecule has 2 unspecified atom stereocenters. The van der Waals surface area contributed by atoms with Crippen molar-refractivity contribution in [2.24, 2.45) is 5.73 Å². The van der Waals surface area contributed by atoms with Gasteiger partial charge in [0, 0.05) is 42.9 Å². The van der Waals surface area contributed by atoms with Gasteiger partial charge in [-0.15, -0.1) is 0 Å². The van der Waals surface area contributed by atoms with Gasteiger partial charge in [-0.05, 0) is 18.6 Å². The molecule has 0 spiro atoms. The van der Waals surface area contributed by atoms with Crippen LogP contribution in [0, 0.1) is 0 Å². The first-order valence-electron chi connectivity index (χ1n) is 7.77. The molecule has 0 saturated heterocycles. The predicted octanol–water partition coefficient (Wildman–Crippen LogP) is 0.595. The van der Waals surface area contributed by atoms with Gasteiger partial charge < -0.3 is 21.4 Å². The van der Waals surface area contributed by atoms with Gasteiger partial charge >= 0.3 is 0 Å². The van der Waals surface area contributed by atoms with Crippen LogP contribution in [0.15, 0.2) is 30.5 Å². The highest BCUT2D eigenvalue weighted by Crippen LogP contribution is 2.19. The molecule has 0 radical (unpaired) electrons. The monoisotopic (exact) mass is 330 g/mol. The lowest BCUT2D eigenvalue weighted by atomic mass is 10.0. The van der Waals surface area contributed by atoms with E-state index in [0.717, 1.165) is 16.5 Å². The van der Waals surface area contributed by atoms with Crippen LogP contribution in [0.5, 0.6) is 0 Å². The molecule has 0 aliphatic carbocycles. The number of rotatable bonds is 7. The fourth-order valence-electron chi connectivity index (χ4n) is 2.67. The number of carbonyl (C=O) groups excluding carboxylic acids is 3. The third kappa shape index (κ3) is 4.58. The van der Waals surface area contributed by atoms with Gasteiger partial charge in [0.25, 0.3) is 0 Å². The Kier molecular flexibility index (Phi) is 5.57. The van der Waals surface area contributed by atoms with Crippen LogP contribution < -0.4 is 16.4 Å². The number of nitrogens with two attached hydrogens (primary N) is 1. The van der Waals surface area contributed by atoms with Gasteiger partial charge in [-0.3, -0.25) is 14.4 Å². The molecule has 24 heavy (non-hydrogen) atoms. The number of nitrogens with one attached hydrogen (secondary N) is 3. The summed E-state index contributed by atoms with van der Waals surface area (Å²) in [6, 6.07) is 6.63. The number of hydrogen-bond acceptors (Lipinski definition) is 3. The van der Waals surface area contributed by atoms with Gasteiger partial charge in [0.15, 0.2) is 0 Å². The topological polar surface area (TPSA) is 117 Å². The summed E-state index contributed by atoms with van der Waals surface area (Å²) >= 11 is 0. The van der Waals surface area contributed by atoms with Gasteiger partial charge in [0.1, 0.15) is 6.04 Å². The Morgan fingerprint density at radius 2 is 1.92 bits per heavy atom. The molecule has 0 aliphatic heterocycles. The second-order valence-electron chi connectivity index (χ2n) is 5.90. The van der Waals surface area contributed by atoms with Crippen LogP contribution in [0.2, 0.25) is 0 Å². The Hall–Kier alpha value is -2.83. The Labute approximate surface area is 140 Å².